The molecule has 0 bridgehead atoms. The van der Waals surface area contributed by atoms with Crippen molar-refractivity contribution in [1.82, 2.24) is 5.32 Å². The number of rotatable bonds is 9. The molecule has 0 heterocycles. The second kappa shape index (κ2) is 8.86. The van der Waals surface area contributed by atoms with Gasteiger partial charge in [0, 0.05) is 12.1 Å². The van der Waals surface area contributed by atoms with Gasteiger partial charge in [-0.3, -0.25) is 0 Å². The lowest BCUT2D eigenvalue weighted by Gasteiger charge is -2.20. The molecule has 4 nitrogen and oxygen atoms in total. The first kappa shape index (κ1) is 17.8. The molecule has 0 fully saturated rings. The minimum absolute atomic E-state index is 0.0848. The van der Waals surface area contributed by atoms with Crippen molar-refractivity contribution >= 4 is 0 Å². The topological polar surface area (TPSA) is 39.7 Å². The fourth-order valence-corrected chi connectivity index (χ4v) is 1.23. The molecule has 4 heteroatoms. The zero-order valence-corrected chi connectivity index (χ0v) is 13.0. The Hall–Kier alpha value is -0.160. The lowest BCUT2D eigenvalue weighted by atomic mass is 10.1. The van der Waals surface area contributed by atoms with Crippen LogP contribution in [-0.2, 0) is 14.2 Å². The Labute approximate surface area is 112 Å². The predicted octanol–water partition coefficient (Wildman–Crippen LogP) is 2.22. The molecule has 0 saturated carbocycles. The van der Waals surface area contributed by atoms with Crippen LogP contribution in [0.5, 0.6) is 0 Å². The maximum Gasteiger partial charge on any atom is 0.0707 e. The molecule has 0 amide bonds. The number of hydrogen-bond donors (Lipinski definition) is 1. The van der Waals surface area contributed by atoms with Crippen molar-refractivity contribution in [3.05, 3.63) is 0 Å². The first-order valence-corrected chi connectivity index (χ1v) is 6.75. The van der Waals surface area contributed by atoms with Gasteiger partial charge in [-0.25, -0.2) is 0 Å². The summed E-state index contributed by atoms with van der Waals surface area (Å²) in [5, 5.41) is 3.36. The van der Waals surface area contributed by atoms with Crippen LogP contribution in [0.2, 0.25) is 0 Å². The largest absolute Gasteiger partial charge is 0.378 e. The van der Waals surface area contributed by atoms with Gasteiger partial charge in [0.2, 0.25) is 0 Å². The van der Waals surface area contributed by atoms with Gasteiger partial charge in [-0.1, -0.05) is 0 Å². The molecule has 18 heavy (non-hydrogen) atoms. The first-order chi connectivity index (χ1) is 8.21. The van der Waals surface area contributed by atoms with E-state index in [1.165, 1.54) is 0 Å². The molecule has 0 rings (SSSR count). The average molecular weight is 261 g/mol. The fourth-order valence-electron chi connectivity index (χ4n) is 1.23. The van der Waals surface area contributed by atoms with Gasteiger partial charge in [0.25, 0.3) is 0 Å². The van der Waals surface area contributed by atoms with Crippen molar-refractivity contribution in [3.63, 3.8) is 0 Å². The molecule has 0 aliphatic carbocycles. The molecule has 1 N–H and O–H groups in total. The Morgan fingerprint density at radius 1 is 0.722 bits per heavy atom. The van der Waals surface area contributed by atoms with Gasteiger partial charge >= 0.3 is 0 Å². The maximum absolute atomic E-state index is 5.54. The standard InChI is InChI=1S/C14H31NO3/c1-13(2,3)15-7-8-16-9-10-17-11-12-18-14(4,5)6/h15H,7-12H2,1-6H3. The Balaban J connectivity index is 3.13. The van der Waals surface area contributed by atoms with Crippen LogP contribution < -0.4 is 5.32 Å². The highest BCUT2D eigenvalue weighted by Crippen LogP contribution is 2.05. The zero-order valence-electron chi connectivity index (χ0n) is 13.0. The summed E-state index contributed by atoms with van der Waals surface area (Å²) in [7, 11) is 0. The van der Waals surface area contributed by atoms with E-state index in [1.54, 1.807) is 0 Å². The normalized spacial score (nSPS) is 13.0. The number of hydrogen-bond acceptors (Lipinski definition) is 4. The van der Waals surface area contributed by atoms with Gasteiger partial charge in [-0.15, -0.1) is 0 Å². The van der Waals surface area contributed by atoms with E-state index in [4.69, 9.17) is 14.2 Å². The lowest BCUT2D eigenvalue weighted by Crippen LogP contribution is -2.38. The van der Waals surface area contributed by atoms with Crippen LogP contribution in [0, 0.1) is 0 Å². The van der Waals surface area contributed by atoms with Gasteiger partial charge in [-0.2, -0.15) is 0 Å². The monoisotopic (exact) mass is 261 g/mol. The van der Waals surface area contributed by atoms with Crippen LogP contribution in [0.1, 0.15) is 41.5 Å². The molecular formula is C14H31NO3. The van der Waals surface area contributed by atoms with Crippen molar-refractivity contribution in [2.45, 2.75) is 52.7 Å². The quantitative estimate of drug-likeness (QED) is 0.646. The summed E-state index contributed by atoms with van der Waals surface area (Å²) in [6, 6.07) is 0. The molecule has 0 radical (unpaired) electrons. The van der Waals surface area contributed by atoms with Crippen molar-refractivity contribution in [2.24, 2.45) is 0 Å². The van der Waals surface area contributed by atoms with Crippen LogP contribution in [0.15, 0.2) is 0 Å². The minimum atomic E-state index is -0.0848. The summed E-state index contributed by atoms with van der Waals surface area (Å²) in [6.45, 7) is 16.7. The second-order valence-corrected chi connectivity index (χ2v) is 6.36. The SMILES string of the molecule is CC(C)(C)NCCOCCOCCOC(C)(C)C. The van der Waals surface area contributed by atoms with Crippen LogP contribution in [0.3, 0.4) is 0 Å². The third-order valence-corrected chi connectivity index (χ3v) is 2.04. The fraction of sp³-hybridized carbons (Fsp3) is 1.00. The van der Waals surface area contributed by atoms with Crippen LogP contribution in [0.4, 0.5) is 0 Å². The molecule has 0 aromatic rings. The third-order valence-electron chi connectivity index (χ3n) is 2.04. The van der Waals surface area contributed by atoms with Crippen molar-refractivity contribution < 1.29 is 14.2 Å². The average Bonchev–Trinajstić information content (AvgIpc) is 2.17. The summed E-state index contributed by atoms with van der Waals surface area (Å²) in [6.07, 6.45) is 0. The van der Waals surface area contributed by atoms with Crippen molar-refractivity contribution in [2.75, 3.05) is 39.6 Å². The lowest BCUT2D eigenvalue weighted by molar-refractivity contribution is -0.0424. The molecule has 0 saturated heterocycles. The minimum Gasteiger partial charge on any atom is -0.378 e. The molecule has 0 unspecified atom stereocenters. The van der Waals surface area contributed by atoms with E-state index in [2.05, 4.69) is 26.1 Å². The van der Waals surface area contributed by atoms with Crippen LogP contribution in [0.25, 0.3) is 0 Å². The highest BCUT2D eigenvalue weighted by molar-refractivity contribution is 4.69. The highest BCUT2D eigenvalue weighted by atomic mass is 16.5. The Bertz CT molecular complexity index is 172. The Kier molecular flexibility index (Phi) is 8.78. The molecule has 0 spiro atoms. The summed E-state index contributed by atoms with van der Waals surface area (Å²) < 4.78 is 16.4. The van der Waals surface area contributed by atoms with E-state index < -0.39 is 0 Å². The van der Waals surface area contributed by atoms with Gasteiger partial charge in [0.1, 0.15) is 0 Å². The zero-order chi connectivity index (χ0) is 14.1. The van der Waals surface area contributed by atoms with Crippen LogP contribution >= 0.6 is 0 Å². The smallest absolute Gasteiger partial charge is 0.0707 e. The molecule has 0 aliphatic heterocycles. The number of ether oxygens (including phenoxy) is 3. The molecule has 0 aliphatic rings. The second-order valence-electron chi connectivity index (χ2n) is 6.36. The summed E-state index contributed by atoms with van der Waals surface area (Å²) in [5.41, 5.74) is 0.0721. The van der Waals surface area contributed by atoms with Gasteiger partial charge in [0.05, 0.1) is 38.6 Å². The van der Waals surface area contributed by atoms with E-state index in [1.807, 2.05) is 20.8 Å². The Morgan fingerprint density at radius 2 is 1.22 bits per heavy atom. The summed E-state index contributed by atoms with van der Waals surface area (Å²) >= 11 is 0. The molecule has 0 aromatic heterocycles. The molecule has 0 atom stereocenters. The van der Waals surface area contributed by atoms with Crippen LogP contribution in [-0.4, -0.2) is 50.7 Å². The predicted molar refractivity (Wildman–Crippen MR) is 75.1 cm³/mol. The number of nitrogens with one attached hydrogen (secondary N) is 1. The Morgan fingerprint density at radius 3 is 1.72 bits per heavy atom. The van der Waals surface area contributed by atoms with Gasteiger partial charge in [-0.05, 0) is 41.5 Å². The van der Waals surface area contributed by atoms with Gasteiger partial charge in [0.15, 0.2) is 0 Å². The van der Waals surface area contributed by atoms with E-state index in [9.17, 15) is 0 Å². The third kappa shape index (κ3) is 15.8. The van der Waals surface area contributed by atoms with E-state index >= 15 is 0 Å². The molecule has 0 aromatic carbocycles. The molecule has 110 valence electrons. The first-order valence-electron chi connectivity index (χ1n) is 6.75. The maximum atomic E-state index is 5.54. The molecular weight excluding hydrogens is 230 g/mol. The highest BCUT2D eigenvalue weighted by Gasteiger charge is 2.09. The van der Waals surface area contributed by atoms with E-state index in [-0.39, 0.29) is 11.1 Å². The van der Waals surface area contributed by atoms with E-state index in [0.717, 1.165) is 13.2 Å². The van der Waals surface area contributed by atoms with E-state index in [0.29, 0.717) is 26.4 Å². The van der Waals surface area contributed by atoms with Crippen molar-refractivity contribution in [1.29, 1.82) is 0 Å². The van der Waals surface area contributed by atoms with Gasteiger partial charge < -0.3 is 19.5 Å². The summed E-state index contributed by atoms with van der Waals surface area (Å²) in [4.78, 5) is 0. The summed E-state index contributed by atoms with van der Waals surface area (Å²) in [5.74, 6) is 0. The van der Waals surface area contributed by atoms with Crippen molar-refractivity contribution in [3.8, 4) is 0 Å².